The van der Waals surface area contributed by atoms with Crippen molar-refractivity contribution in [2.75, 3.05) is 17.7 Å². The molecule has 0 saturated heterocycles. The molecule has 3 N–H and O–H groups in total. The zero-order valence-corrected chi connectivity index (χ0v) is 30.5. The van der Waals surface area contributed by atoms with Crippen LogP contribution in [0, 0.1) is 11.3 Å². The Labute approximate surface area is 301 Å². The Morgan fingerprint density at radius 2 is 1.82 bits per heavy atom. The number of benzene rings is 2. The van der Waals surface area contributed by atoms with Gasteiger partial charge in [-0.25, -0.2) is 4.79 Å². The van der Waals surface area contributed by atoms with E-state index in [0.29, 0.717) is 39.7 Å². The van der Waals surface area contributed by atoms with Crippen LogP contribution in [0.4, 0.5) is 10.7 Å². The Morgan fingerprint density at radius 3 is 2.50 bits per heavy atom. The molecule has 2 unspecified atom stereocenters. The molecule has 50 heavy (non-hydrogen) atoms. The minimum Gasteiger partial charge on any atom is -0.465 e. The topological polar surface area (TPSA) is 126 Å². The predicted molar refractivity (Wildman–Crippen MR) is 200 cm³/mol. The molecule has 2 aromatic heterocycles. The van der Waals surface area contributed by atoms with Crippen LogP contribution in [0.3, 0.4) is 0 Å². The molecular weight excluding hydrogens is 669 g/mol. The van der Waals surface area contributed by atoms with Gasteiger partial charge in [-0.3, -0.25) is 19.4 Å². The number of pyridine rings is 1. The number of thioether (sulfide) groups is 1. The lowest BCUT2D eigenvalue weighted by Gasteiger charge is -2.33. The molecule has 1 aliphatic rings. The van der Waals surface area contributed by atoms with Gasteiger partial charge in [0.25, 0.3) is 11.8 Å². The van der Waals surface area contributed by atoms with E-state index in [1.54, 1.807) is 73.1 Å². The van der Waals surface area contributed by atoms with Gasteiger partial charge in [0.15, 0.2) is 0 Å². The van der Waals surface area contributed by atoms with Crippen molar-refractivity contribution in [3.63, 3.8) is 0 Å². The van der Waals surface area contributed by atoms with Crippen LogP contribution in [-0.4, -0.2) is 41.0 Å². The third kappa shape index (κ3) is 9.08. The number of fused-ring (bicyclic) bond motifs is 1. The van der Waals surface area contributed by atoms with Gasteiger partial charge in [-0.15, -0.1) is 23.1 Å². The molecule has 0 bridgehead atoms. The number of carbonyl (C=O) groups is 4. The largest absolute Gasteiger partial charge is 0.465 e. The Balaban J connectivity index is 1.31. The van der Waals surface area contributed by atoms with Crippen LogP contribution in [0.2, 0.25) is 0 Å². The summed E-state index contributed by atoms with van der Waals surface area (Å²) < 4.78 is 5.14. The number of aromatic nitrogens is 1. The standard InChI is InChI=1S/C39H42N4O5S2/c1-6-31(36(46)43-37-33(38(47)48-5)29-18-17-26(39(2,3)4)21-32(29)50-37)49-28-16-10-15-27(22-28)41-35(45)30(20-24-12-11-19-40-23-24)42-34(44)25-13-8-7-9-14-25/h7-16,19-20,22-23,26,31H,6,17-18,21H2,1-5H3,(H,41,45)(H,42,44)(H,43,46)/b30-20-. The van der Waals surface area contributed by atoms with Gasteiger partial charge in [-0.05, 0) is 90.6 Å². The number of hydrogen-bond acceptors (Lipinski definition) is 8. The molecule has 260 valence electrons. The van der Waals surface area contributed by atoms with E-state index in [1.165, 1.54) is 30.2 Å². The van der Waals surface area contributed by atoms with Crippen LogP contribution in [0.25, 0.3) is 6.08 Å². The summed E-state index contributed by atoms with van der Waals surface area (Å²) in [4.78, 5) is 59.1. The van der Waals surface area contributed by atoms with Crippen molar-refractivity contribution in [3.8, 4) is 0 Å². The normalized spacial score (nSPS) is 15.0. The minimum absolute atomic E-state index is 0.0459. The van der Waals surface area contributed by atoms with Crippen LogP contribution in [-0.2, 0) is 27.2 Å². The van der Waals surface area contributed by atoms with Crippen LogP contribution < -0.4 is 16.0 Å². The average molecular weight is 711 g/mol. The number of anilines is 2. The van der Waals surface area contributed by atoms with Crippen molar-refractivity contribution in [2.24, 2.45) is 11.3 Å². The number of thiophene rings is 1. The summed E-state index contributed by atoms with van der Waals surface area (Å²) in [6.07, 6.45) is 7.92. The molecule has 5 rings (SSSR count). The zero-order valence-electron chi connectivity index (χ0n) is 28.9. The van der Waals surface area contributed by atoms with Gasteiger partial charge < -0.3 is 20.7 Å². The summed E-state index contributed by atoms with van der Waals surface area (Å²) in [6, 6.07) is 19.4. The number of carbonyl (C=O) groups excluding carboxylic acids is 4. The minimum atomic E-state index is -0.518. The quantitative estimate of drug-likeness (QED) is 0.0818. The maximum Gasteiger partial charge on any atom is 0.341 e. The number of nitrogens with zero attached hydrogens (tertiary/aromatic N) is 1. The first-order valence-electron chi connectivity index (χ1n) is 16.6. The smallest absolute Gasteiger partial charge is 0.341 e. The van der Waals surface area contributed by atoms with Gasteiger partial charge in [0, 0.05) is 33.4 Å². The Hall–Kier alpha value is -4.74. The van der Waals surface area contributed by atoms with Gasteiger partial charge >= 0.3 is 5.97 Å². The van der Waals surface area contributed by atoms with Crippen molar-refractivity contribution >= 4 is 63.6 Å². The number of hydrogen-bond donors (Lipinski definition) is 3. The van der Waals surface area contributed by atoms with Crippen molar-refractivity contribution in [2.45, 2.75) is 63.5 Å². The van der Waals surface area contributed by atoms with E-state index < -0.39 is 23.0 Å². The molecule has 0 aliphatic heterocycles. The van der Waals surface area contributed by atoms with E-state index in [0.717, 1.165) is 34.6 Å². The fourth-order valence-corrected chi connectivity index (χ4v) is 8.16. The molecule has 0 saturated carbocycles. The highest BCUT2D eigenvalue weighted by Crippen LogP contribution is 2.44. The summed E-state index contributed by atoms with van der Waals surface area (Å²) >= 11 is 2.84. The average Bonchev–Trinajstić information content (AvgIpc) is 3.47. The number of esters is 1. The molecule has 9 nitrogen and oxygen atoms in total. The van der Waals surface area contributed by atoms with Crippen molar-refractivity contribution in [3.05, 3.63) is 112 Å². The summed E-state index contributed by atoms with van der Waals surface area (Å²) in [5.74, 6) is -1.11. The first-order chi connectivity index (χ1) is 24.0. The fraction of sp³-hybridized carbons (Fsp3) is 0.308. The molecule has 11 heteroatoms. The zero-order chi connectivity index (χ0) is 35.8. The molecule has 2 atom stereocenters. The van der Waals surface area contributed by atoms with E-state index in [4.69, 9.17) is 4.74 Å². The number of amides is 3. The highest BCUT2D eigenvalue weighted by molar-refractivity contribution is 8.00. The molecule has 0 spiro atoms. The molecule has 2 heterocycles. The second-order valence-corrected chi connectivity index (χ2v) is 15.5. The summed E-state index contributed by atoms with van der Waals surface area (Å²) in [7, 11) is 1.37. The lowest BCUT2D eigenvalue weighted by molar-refractivity contribution is -0.116. The molecule has 4 aromatic rings. The van der Waals surface area contributed by atoms with E-state index in [9.17, 15) is 19.2 Å². The molecular formula is C39H42N4O5S2. The Bertz CT molecular complexity index is 1880. The summed E-state index contributed by atoms with van der Waals surface area (Å²) in [5.41, 5.74) is 3.18. The lowest BCUT2D eigenvalue weighted by Crippen LogP contribution is -2.30. The maximum atomic E-state index is 13.7. The highest BCUT2D eigenvalue weighted by atomic mass is 32.2. The Morgan fingerprint density at radius 1 is 1.04 bits per heavy atom. The Kier molecular flexibility index (Phi) is 11.9. The van der Waals surface area contributed by atoms with Gasteiger partial charge in [-0.2, -0.15) is 0 Å². The fourth-order valence-electron chi connectivity index (χ4n) is 5.83. The first kappa shape index (κ1) is 36.5. The van der Waals surface area contributed by atoms with Gasteiger partial charge in [0.1, 0.15) is 10.7 Å². The molecule has 0 radical (unpaired) electrons. The van der Waals surface area contributed by atoms with E-state index >= 15 is 0 Å². The van der Waals surface area contributed by atoms with Crippen LogP contribution >= 0.6 is 23.1 Å². The molecule has 1 aliphatic carbocycles. The van der Waals surface area contributed by atoms with Crippen molar-refractivity contribution in [1.29, 1.82) is 0 Å². The molecule has 0 fully saturated rings. The second-order valence-electron chi connectivity index (χ2n) is 13.2. The molecule has 3 amide bonds. The third-order valence-electron chi connectivity index (χ3n) is 8.67. The van der Waals surface area contributed by atoms with E-state index in [1.807, 2.05) is 19.1 Å². The predicted octanol–water partition coefficient (Wildman–Crippen LogP) is 8.00. The number of ether oxygens (including phenoxy) is 1. The van der Waals surface area contributed by atoms with Gasteiger partial charge in [-0.1, -0.05) is 58.0 Å². The number of rotatable bonds is 11. The lowest BCUT2D eigenvalue weighted by atomic mass is 9.72. The van der Waals surface area contributed by atoms with Crippen molar-refractivity contribution in [1.82, 2.24) is 10.3 Å². The number of nitrogens with one attached hydrogen (secondary N) is 3. The molecule has 2 aromatic carbocycles. The number of methoxy groups -OCH3 is 1. The summed E-state index contributed by atoms with van der Waals surface area (Å²) in [5, 5.41) is 8.74. The van der Waals surface area contributed by atoms with Gasteiger partial charge in [0.2, 0.25) is 5.91 Å². The monoisotopic (exact) mass is 710 g/mol. The van der Waals surface area contributed by atoms with Crippen LogP contribution in [0.5, 0.6) is 0 Å². The third-order valence-corrected chi connectivity index (χ3v) is 11.2. The van der Waals surface area contributed by atoms with Crippen LogP contribution in [0.1, 0.15) is 77.3 Å². The van der Waals surface area contributed by atoms with Gasteiger partial charge in [0.05, 0.1) is 17.9 Å². The highest BCUT2D eigenvalue weighted by Gasteiger charge is 2.35. The SMILES string of the molecule is CCC(Sc1cccc(NC(=O)/C(=C/c2cccnc2)NC(=O)c2ccccc2)c1)C(=O)Nc1sc2c(c1C(=O)OC)CCC(C(C)(C)C)C2. The summed E-state index contributed by atoms with van der Waals surface area (Å²) in [6.45, 7) is 8.66. The maximum absolute atomic E-state index is 13.7. The second kappa shape index (κ2) is 16.3. The van der Waals surface area contributed by atoms with Crippen molar-refractivity contribution < 1.29 is 23.9 Å². The van der Waals surface area contributed by atoms with E-state index in [2.05, 4.69) is 41.7 Å². The first-order valence-corrected chi connectivity index (χ1v) is 18.3. The van der Waals surface area contributed by atoms with Crippen LogP contribution in [0.15, 0.2) is 89.7 Å². The van der Waals surface area contributed by atoms with E-state index in [-0.39, 0.29) is 17.0 Å².